The van der Waals surface area contributed by atoms with Crippen LogP contribution in [0.5, 0.6) is 0 Å². The molecular weight excluding hydrogens is 162 g/mol. The number of carbonyl (C=O) groups excluding carboxylic acids is 1. The molecule has 1 heterocycles. The van der Waals surface area contributed by atoms with Crippen LogP contribution in [0.2, 0.25) is 0 Å². The molecule has 2 nitrogen and oxygen atoms in total. The highest BCUT2D eigenvalue weighted by Crippen LogP contribution is 2.16. The fraction of sp³-hybridized carbons (Fsp3) is 0.727. The zero-order chi connectivity index (χ0) is 9.68. The maximum atomic E-state index is 10.8. The van der Waals surface area contributed by atoms with Crippen molar-refractivity contribution < 1.29 is 4.79 Å². The van der Waals surface area contributed by atoms with Crippen LogP contribution in [0.25, 0.3) is 0 Å². The van der Waals surface area contributed by atoms with Crippen molar-refractivity contribution in [3.63, 3.8) is 0 Å². The third-order valence-corrected chi connectivity index (χ3v) is 2.75. The molecule has 0 N–H and O–H groups in total. The van der Waals surface area contributed by atoms with Crippen molar-refractivity contribution in [1.82, 2.24) is 4.90 Å². The van der Waals surface area contributed by atoms with Crippen LogP contribution in [0.15, 0.2) is 12.2 Å². The van der Waals surface area contributed by atoms with Crippen molar-refractivity contribution in [2.45, 2.75) is 38.6 Å². The topological polar surface area (TPSA) is 20.3 Å². The third-order valence-electron chi connectivity index (χ3n) is 2.75. The molecular formula is C11H19NO. The van der Waals surface area contributed by atoms with Crippen LogP contribution in [0, 0.1) is 0 Å². The third kappa shape index (κ3) is 2.96. The smallest absolute Gasteiger partial charge is 0.137 e. The van der Waals surface area contributed by atoms with Gasteiger partial charge in [0.1, 0.15) is 6.29 Å². The molecule has 1 aliphatic rings. The molecule has 0 saturated carbocycles. The van der Waals surface area contributed by atoms with Gasteiger partial charge in [-0.05, 0) is 25.8 Å². The van der Waals surface area contributed by atoms with Crippen molar-refractivity contribution >= 4 is 6.29 Å². The molecule has 1 aliphatic heterocycles. The Balaban J connectivity index is 2.44. The average molecular weight is 181 g/mol. The van der Waals surface area contributed by atoms with Gasteiger partial charge in [0.15, 0.2) is 0 Å². The lowest BCUT2D eigenvalue weighted by Gasteiger charge is -2.32. The molecule has 0 bridgehead atoms. The number of piperidine rings is 1. The van der Waals surface area contributed by atoms with Crippen LogP contribution in [-0.2, 0) is 4.79 Å². The van der Waals surface area contributed by atoms with E-state index < -0.39 is 0 Å². The van der Waals surface area contributed by atoms with E-state index >= 15 is 0 Å². The Labute approximate surface area is 80.6 Å². The molecule has 1 fully saturated rings. The first-order valence-electron chi connectivity index (χ1n) is 5.14. The van der Waals surface area contributed by atoms with Gasteiger partial charge in [0.05, 0.1) is 6.04 Å². The number of likely N-dealkylation sites (tertiary alicyclic amines) is 1. The number of hydrogen-bond acceptors (Lipinski definition) is 2. The molecule has 1 unspecified atom stereocenters. The Morgan fingerprint density at radius 3 is 3.00 bits per heavy atom. The van der Waals surface area contributed by atoms with E-state index in [4.69, 9.17) is 0 Å². The van der Waals surface area contributed by atoms with Crippen LogP contribution in [-0.4, -0.2) is 30.3 Å². The lowest BCUT2D eigenvalue weighted by atomic mass is 10.0. The van der Waals surface area contributed by atoms with E-state index in [0.29, 0.717) is 0 Å². The molecule has 0 aliphatic carbocycles. The number of nitrogens with zero attached hydrogens (tertiary/aromatic N) is 1. The molecule has 0 spiro atoms. The highest BCUT2D eigenvalue weighted by atomic mass is 16.1. The second-order valence-corrected chi connectivity index (χ2v) is 3.77. The van der Waals surface area contributed by atoms with Crippen molar-refractivity contribution in [1.29, 1.82) is 0 Å². The van der Waals surface area contributed by atoms with Crippen molar-refractivity contribution in [2.24, 2.45) is 0 Å². The van der Waals surface area contributed by atoms with Gasteiger partial charge in [-0.3, -0.25) is 4.90 Å². The number of aldehydes is 1. The lowest BCUT2D eigenvalue weighted by Crippen LogP contribution is -2.41. The lowest BCUT2D eigenvalue weighted by molar-refractivity contribution is -0.113. The quantitative estimate of drug-likeness (QED) is 0.488. The summed E-state index contributed by atoms with van der Waals surface area (Å²) in [5.41, 5.74) is 1.23. The van der Waals surface area contributed by atoms with E-state index in [1.54, 1.807) is 0 Å². The van der Waals surface area contributed by atoms with Crippen molar-refractivity contribution in [3.05, 3.63) is 12.2 Å². The van der Waals surface area contributed by atoms with Gasteiger partial charge in [0.2, 0.25) is 0 Å². The van der Waals surface area contributed by atoms with Gasteiger partial charge in [-0.25, -0.2) is 0 Å². The second kappa shape index (κ2) is 5.18. The van der Waals surface area contributed by atoms with Crippen molar-refractivity contribution in [2.75, 3.05) is 13.1 Å². The van der Waals surface area contributed by atoms with Crippen molar-refractivity contribution in [3.8, 4) is 0 Å². The van der Waals surface area contributed by atoms with Crippen LogP contribution in [0.1, 0.15) is 32.6 Å². The van der Waals surface area contributed by atoms with Crippen LogP contribution in [0.3, 0.4) is 0 Å². The number of hydrogen-bond donors (Lipinski definition) is 0. The minimum absolute atomic E-state index is 0.150. The van der Waals surface area contributed by atoms with Crippen LogP contribution in [0.4, 0.5) is 0 Å². The maximum Gasteiger partial charge on any atom is 0.137 e. The highest BCUT2D eigenvalue weighted by Gasteiger charge is 2.21. The molecule has 0 aromatic heterocycles. The summed E-state index contributed by atoms with van der Waals surface area (Å²) < 4.78 is 0. The zero-order valence-corrected chi connectivity index (χ0v) is 8.46. The predicted octanol–water partition coefficient (Wildman–Crippen LogP) is 2.01. The van der Waals surface area contributed by atoms with E-state index in [1.807, 2.05) is 0 Å². The molecule has 0 amide bonds. The van der Waals surface area contributed by atoms with Gasteiger partial charge in [-0.1, -0.05) is 25.5 Å². The Morgan fingerprint density at radius 2 is 2.38 bits per heavy atom. The standard InChI is InChI=1S/C11H19NO/c1-3-10(2)8-12-7-5-4-6-11(12)9-13/h9,11H,2-8H2,1H3. The number of carbonyl (C=O) groups is 1. The molecule has 2 heteroatoms. The van der Waals surface area contributed by atoms with Gasteiger partial charge < -0.3 is 4.79 Å². The Morgan fingerprint density at radius 1 is 1.62 bits per heavy atom. The Kier molecular flexibility index (Phi) is 4.16. The fourth-order valence-electron chi connectivity index (χ4n) is 1.77. The second-order valence-electron chi connectivity index (χ2n) is 3.77. The van der Waals surface area contributed by atoms with E-state index in [9.17, 15) is 4.79 Å². The normalized spacial score (nSPS) is 24.2. The van der Waals surface area contributed by atoms with Crippen LogP contribution < -0.4 is 0 Å². The average Bonchev–Trinajstić information content (AvgIpc) is 2.18. The number of rotatable bonds is 4. The molecule has 0 aromatic rings. The van der Waals surface area contributed by atoms with Gasteiger partial charge in [-0.2, -0.15) is 0 Å². The molecule has 74 valence electrons. The van der Waals surface area contributed by atoms with Gasteiger partial charge >= 0.3 is 0 Å². The van der Waals surface area contributed by atoms with Gasteiger partial charge in [0.25, 0.3) is 0 Å². The summed E-state index contributed by atoms with van der Waals surface area (Å²) >= 11 is 0. The van der Waals surface area contributed by atoms with E-state index in [1.165, 1.54) is 18.4 Å². The summed E-state index contributed by atoms with van der Waals surface area (Å²) in [7, 11) is 0. The molecule has 1 atom stereocenters. The van der Waals surface area contributed by atoms with Gasteiger partial charge in [-0.15, -0.1) is 0 Å². The summed E-state index contributed by atoms with van der Waals surface area (Å²) in [6, 6.07) is 0.150. The van der Waals surface area contributed by atoms with Gasteiger partial charge in [0, 0.05) is 6.54 Å². The first-order chi connectivity index (χ1) is 6.27. The van der Waals surface area contributed by atoms with Crippen LogP contribution >= 0.6 is 0 Å². The summed E-state index contributed by atoms with van der Waals surface area (Å²) in [6.07, 6.45) is 5.55. The summed E-state index contributed by atoms with van der Waals surface area (Å²) in [6.45, 7) is 8.05. The maximum absolute atomic E-state index is 10.8. The molecule has 13 heavy (non-hydrogen) atoms. The van der Waals surface area contributed by atoms with E-state index in [2.05, 4.69) is 18.4 Å². The first kappa shape index (κ1) is 10.5. The fourth-order valence-corrected chi connectivity index (χ4v) is 1.77. The summed E-state index contributed by atoms with van der Waals surface area (Å²) in [4.78, 5) is 13.0. The Bertz CT molecular complexity index is 189. The minimum atomic E-state index is 0.150. The Hall–Kier alpha value is -0.630. The molecule has 1 saturated heterocycles. The molecule has 0 aromatic carbocycles. The highest BCUT2D eigenvalue weighted by molar-refractivity contribution is 5.57. The molecule has 1 rings (SSSR count). The minimum Gasteiger partial charge on any atom is -0.302 e. The van der Waals surface area contributed by atoms with E-state index in [0.717, 1.165) is 32.2 Å². The summed E-state index contributed by atoms with van der Waals surface area (Å²) in [5, 5.41) is 0. The van der Waals surface area contributed by atoms with E-state index in [-0.39, 0.29) is 6.04 Å². The SMILES string of the molecule is C=C(CC)CN1CCCCC1C=O. The molecule has 0 radical (unpaired) electrons. The first-order valence-corrected chi connectivity index (χ1v) is 5.14. The predicted molar refractivity (Wildman–Crippen MR) is 54.7 cm³/mol. The zero-order valence-electron chi connectivity index (χ0n) is 8.46. The summed E-state index contributed by atoms with van der Waals surface area (Å²) in [5.74, 6) is 0. The monoisotopic (exact) mass is 181 g/mol. The largest absolute Gasteiger partial charge is 0.302 e.